The van der Waals surface area contributed by atoms with E-state index < -0.39 is 0 Å². The van der Waals surface area contributed by atoms with Crippen LogP contribution in [0.3, 0.4) is 0 Å². The highest BCUT2D eigenvalue weighted by Crippen LogP contribution is 2.38. The predicted octanol–water partition coefficient (Wildman–Crippen LogP) is 2.56. The molecule has 0 spiro atoms. The van der Waals surface area contributed by atoms with E-state index in [9.17, 15) is 0 Å². The van der Waals surface area contributed by atoms with Crippen LogP contribution in [0.1, 0.15) is 18.1 Å². The number of benzene rings is 1. The van der Waals surface area contributed by atoms with Crippen molar-refractivity contribution in [1.29, 1.82) is 0 Å². The summed E-state index contributed by atoms with van der Waals surface area (Å²) in [4.78, 5) is 3.85. The van der Waals surface area contributed by atoms with Crippen molar-refractivity contribution in [3.63, 3.8) is 0 Å². The monoisotopic (exact) mass is 236 g/mol. The summed E-state index contributed by atoms with van der Waals surface area (Å²) in [5, 5.41) is 0. The van der Waals surface area contributed by atoms with Crippen molar-refractivity contribution in [1.82, 2.24) is 0 Å². The number of hydrogen-bond donors (Lipinski definition) is 1. The van der Waals surface area contributed by atoms with E-state index >= 15 is 0 Å². The first kappa shape index (κ1) is 11.8. The summed E-state index contributed by atoms with van der Waals surface area (Å²) < 4.78 is 0. The molecule has 1 aromatic rings. The van der Waals surface area contributed by atoms with Gasteiger partial charge < -0.3 is 10.6 Å². The molecule has 2 rings (SSSR count). The molecule has 16 heavy (non-hydrogen) atoms. The largest absolute Gasteiger partial charge is 0.366 e. The summed E-state index contributed by atoms with van der Waals surface area (Å²) >= 11 is 1.97. The second-order valence-electron chi connectivity index (χ2n) is 4.55. The number of thioether (sulfide) groups is 1. The Bertz CT molecular complexity index is 390. The Morgan fingerprint density at radius 1 is 1.38 bits per heavy atom. The zero-order chi connectivity index (χ0) is 11.7. The van der Waals surface area contributed by atoms with Gasteiger partial charge in [-0.15, -0.1) is 11.8 Å². The molecule has 0 fully saturated rings. The van der Waals surface area contributed by atoms with Crippen molar-refractivity contribution >= 4 is 17.4 Å². The van der Waals surface area contributed by atoms with Crippen LogP contribution in [0.5, 0.6) is 0 Å². The van der Waals surface area contributed by atoms with Gasteiger partial charge in [0.1, 0.15) is 0 Å². The van der Waals surface area contributed by atoms with Crippen molar-refractivity contribution in [2.45, 2.75) is 31.7 Å². The first-order valence-electron chi connectivity index (χ1n) is 5.84. The topological polar surface area (TPSA) is 29.3 Å². The number of rotatable bonds is 2. The van der Waals surface area contributed by atoms with Gasteiger partial charge in [-0.05, 0) is 44.0 Å². The van der Waals surface area contributed by atoms with Crippen LogP contribution >= 0.6 is 11.8 Å². The summed E-state index contributed by atoms with van der Waals surface area (Å²) in [6.45, 7) is 8.32. The number of aryl methyl sites for hydroxylation is 2. The highest BCUT2D eigenvalue weighted by molar-refractivity contribution is 7.99. The van der Waals surface area contributed by atoms with Crippen LogP contribution in [0.4, 0.5) is 5.69 Å². The van der Waals surface area contributed by atoms with Crippen LogP contribution in [0.2, 0.25) is 0 Å². The molecule has 1 aliphatic rings. The summed E-state index contributed by atoms with van der Waals surface area (Å²) in [5.74, 6) is 1.16. The normalized spacial score (nSPS) is 19.8. The number of hydrogen-bond acceptors (Lipinski definition) is 3. The molecular weight excluding hydrogens is 216 g/mol. The van der Waals surface area contributed by atoms with E-state index in [1.165, 1.54) is 21.7 Å². The van der Waals surface area contributed by atoms with Gasteiger partial charge >= 0.3 is 0 Å². The molecule has 2 N–H and O–H groups in total. The van der Waals surface area contributed by atoms with E-state index in [0.29, 0.717) is 6.04 Å². The van der Waals surface area contributed by atoms with E-state index in [1.54, 1.807) is 0 Å². The lowest BCUT2D eigenvalue weighted by atomic mass is 10.1. The summed E-state index contributed by atoms with van der Waals surface area (Å²) in [7, 11) is 0. The molecule has 0 saturated carbocycles. The van der Waals surface area contributed by atoms with E-state index in [-0.39, 0.29) is 0 Å². The molecule has 0 radical (unpaired) electrons. The van der Waals surface area contributed by atoms with E-state index in [2.05, 4.69) is 37.8 Å². The first-order chi connectivity index (χ1) is 7.63. The minimum Gasteiger partial charge on any atom is -0.366 e. The second-order valence-corrected chi connectivity index (χ2v) is 5.61. The zero-order valence-electron chi connectivity index (χ0n) is 10.3. The lowest BCUT2D eigenvalue weighted by Gasteiger charge is -2.37. The molecule has 0 saturated heterocycles. The molecule has 0 aliphatic carbocycles. The van der Waals surface area contributed by atoms with Gasteiger partial charge in [0, 0.05) is 29.8 Å². The third kappa shape index (κ3) is 2.06. The van der Waals surface area contributed by atoms with Crippen LogP contribution in [0.25, 0.3) is 0 Å². The Kier molecular flexibility index (Phi) is 3.45. The Labute approximate surface area is 102 Å². The summed E-state index contributed by atoms with van der Waals surface area (Å²) in [5.41, 5.74) is 9.82. The van der Waals surface area contributed by atoms with E-state index in [0.717, 1.165) is 18.8 Å². The summed E-state index contributed by atoms with van der Waals surface area (Å²) in [6, 6.07) is 5.21. The SMILES string of the molecule is Cc1cc2c(cc1C)N(CCN)C(C)CS2. The quantitative estimate of drug-likeness (QED) is 0.855. The van der Waals surface area contributed by atoms with Gasteiger partial charge in [0.05, 0.1) is 5.69 Å². The molecule has 1 aromatic carbocycles. The maximum absolute atomic E-state index is 5.70. The zero-order valence-corrected chi connectivity index (χ0v) is 11.1. The van der Waals surface area contributed by atoms with Crippen molar-refractivity contribution in [2.24, 2.45) is 5.73 Å². The standard InChI is InChI=1S/C13H20N2S/c1-9-6-12-13(7-10(9)2)16-8-11(3)15(12)5-4-14/h6-7,11H,4-5,8,14H2,1-3H3. The van der Waals surface area contributed by atoms with Crippen LogP contribution in [0.15, 0.2) is 17.0 Å². The number of fused-ring (bicyclic) bond motifs is 1. The molecular formula is C13H20N2S. The fraction of sp³-hybridized carbons (Fsp3) is 0.538. The van der Waals surface area contributed by atoms with Crippen molar-refractivity contribution in [2.75, 3.05) is 23.7 Å². The minimum atomic E-state index is 0.586. The maximum Gasteiger partial charge on any atom is 0.0510 e. The average molecular weight is 236 g/mol. The maximum atomic E-state index is 5.70. The fourth-order valence-corrected chi connectivity index (χ4v) is 3.32. The molecule has 88 valence electrons. The van der Waals surface area contributed by atoms with Gasteiger partial charge in [0.25, 0.3) is 0 Å². The Morgan fingerprint density at radius 3 is 2.75 bits per heavy atom. The smallest absolute Gasteiger partial charge is 0.0510 e. The van der Waals surface area contributed by atoms with Crippen LogP contribution in [-0.2, 0) is 0 Å². The molecule has 1 aliphatic heterocycles. The number of nitrogens with two attached hydrogens (primary N) is 1. The lowest BCUT2D eigenvalue weighted by Crippen LogP contribution is -2.41. The van der Waals surface area contributed by atoms with Crippen molar-refractivity contribution in [3.8, 4) is 0 Å². The first-order valence-corrected chi connectivity index (χ1v) is 6.82. The van der Waals surface area contributed by atoms with Crippen LogP contribution in [-0.4, -0.2) is 24.9 Å². The highest BCUT2D eigenvalue weighted by Gasteiger charge is 2.23. The van der Waals surface area contributed by atoms with Gasteiger partial charge in [-0.1, -0.05) is 0 Å². The average Bonchev–Trinajstić information content (AvgIpc) is 2.25. The second kappa shape index (κ2) is 4.68. The van der Waals surface area contributed by atoms with Crippen molar-refractivity contribution < 1.29 is 0 Å². The molecule has 1 atom stereocenters. The highest BCUT2D eigenvalue weighted by atomic mass is 32.2. The molecule has 1 heterocycles. The Balaban J connectivity index is 2.42. The Hall–Kier alpha value is -0.670. The number of anilines is 1. The third-order valence-corrected chi connectivity index (χ3v) is 4.55. The molecule has 1 unspecified atom stereocenters. The minimum absolute atomic E-state index is 0.586. The number of nitrogens with zero attached hydrogens (tertiary/aromatic N) is 1. The molecule has 3 heteroatoms. The molecule has 0 bridgehead atoms. The van der Waals surface area contributed by atoms with Crippen LogP contribution < -0.4 is 10.6 Å². The van der Waals surface area contributed by atoms with E-state index in [4.69, 9.17) is 5.73 Å². The van der Waals surface area contributed by atoms with Gasteiger partial charge in [0.15, 0.2) is 0 Å². The summed E-state index contributed by atoms with van der Waals surface area (Å²) in [6.07, 6.45) is 0. The predicted molar refractivity (Wildman–Crippen MR) is 72.5 cm³/mol. The lowest BCUT2D eigenvalue weighted by molar-refractivity contribution is 0.677. The van der Waals surface area contributed by atoms with E-state index in [1.807, 2.05) is 11.8 Å². The third-order valence-electron chi connectivity index (χ3n) is 3.27. The van der Waals surface area contributed by atoms with Crippen molar-refractivity contribution in [3.05, 3.63) is 23.3 Å². The van der Waals surface area contributed by atoms with Gasteiger partial charge in [0.2, 0.25) is 0 Å². The Morgan fingerprint density at radius 2 is 2.06 bits per heavy atom. The molecule has 2 nitrogen and oxygen atoms in total. The molecule has 0 amide bonds. The van der Waals surface area contributed by atoms with Gasteiger partial charge in [-0.3, -0.25) is 0 Å². The van der Waals surface area contributed by atoms with Crippen LogP contribution in [0, 0.1) is 13.8 Å². The van der Waals surface area contributed by atoms with Gasteiger partial charge in [-0.2, -0.15) is 0 Å². The van der Waals surface area contributed by atoms with Gasteiger partial charge in [-0.25, -0.2) is 0 Å². The molecule has 0 aromatic heterocycles. The fourth-order valence-electron chi connectivity index (χ4n) is 2.13.